The summed E-state index contributed by atoms with van der Waals surface area (Å²) in [4.78, 5) is 24.9. The molecule has 7 heteroatoms. The lowest BCUT2D eigenvalue weighted by Crippen LogP contribution is -2.49. The third kappa shape index (κ3) is 6.72. The summed E-state index contributed by atoms with van der Waals surface area (Å²) in [5.74, 6) is -0.976. The van der Waals surface area contributed by atoms with Gasteiger partial charge in [-0.05, 0) is 6.42 Å². The highest BCUT2D eigenvalue weighted by atomic mass is 16.4. The van der Waals surface area contributed by atoms with Crippen LogP contribution in [0, 0.1) is 0 Å². The Balaban J connectivity index is 2.18. The van der Waals surface area contributed by atoms with Crippen molar-refractivity contribution in [2.24, 2.45) is 0 Å². The highest BCUT2D eigenvalue weighted by molar-refractivity contribution is 5.82. The summed E-state index contributed by atoms with van der Waals surface area (Å²) in [5.41, 5.74) is 0. The number of unbranched alkanes of at least 4 members (excludes halogenated alkanes) is 1. The second-order valence-corrected chi connectivity index (χ2v) is 5.02. The minimum Gasteiger partial charge on any atom is -0.480 e. The SMILES string of the molecule is CCCC[C@H](NC(=O)NCCN1CCNCC1)C(=O)O. The van der Waals surface area contributed by atoms with E-state index in [1.54, 1.807) is 0 Å². The van der Waals surface area contributed by atoms with E-state index in [0.717, 1.165) is 45.6 Å². The number of rotatable bonds is 8. The second kappa shape index (κ2) is 9.55. The van der Waals surface area contributed by atoms with Crippen LogP contribution in [-0.4, -0.2) is 67.3 Å². The van der Waals surface area contributed by atoms with Gasteiger partial charge < -0.3 is 21.1 Å². The number of carboxylic acids is 1. The molecule has 0 aliphatic carbocycles. The number of hydrogen-bond donors (Lipinski definition) is 4. The van der Waals surface area contributed by atoms with Crippen LogP contribution in [0.5, 0.6) is 0 Å². The van der Waals surface area contributed by atoms with E-state index >= 15 is 0 Å². The summed E-state index contributed by atoms with van der Waals surface area (Å²) in [5, 5.41) is 17.5. The molecule has 2 amide bonds. The van der Waals surface area contributed by atoms with E-state index in [1.165, 1.54) is 0 Å². The summed E-state index contributed by atoms with van der Waals surface area (Å²) < 4.78 is 0. The normalized spacial score (nSPS) is 17.4. The van der Waals surface area contributed by atoms with Gasteiger partial charge in [-0.1, -0.05) is 19.8 Å². The molecule has 1 fully saturated rings. The van der Waals surface area contributed by atoms with Gasteiger partial charge in [0.05, 0.1) is 0 Å². The van der Waals surface area contributed by atoms with E-state index in [1.807, 2.05) is 6.92 Å². The van der Waals surface area contributed by atoms with Crippen molar-refractivity contribution in [2.75, 3.05) is 39.3 Å². The first-order chi connectivity index (χ1) is 9.63. The summed E-state index contributed by atoms with van der Waals surface area (Å²) in [7, 11) is 0. The van der Waals surface area contributed by atoms with Crippen LogP contribution in [0.15, 0.2) is 0 Å². The molecule has 7 nitrogen and oxygen atoms in total. The van der Waals surface area contributed by atoms with Crippen molar-refractivity contribution in [1.82, 2.24) is 20.9 Å². The molecule has 1 atom stereocenters. The van der Waals surface area contributed by atoms with Gasteiger partial charge in [-0.25, -0.2) is 9.59 Å². The van der Waals surface area contributed by atoms with Crippen molar-refractivity contribution >= 4 is 12.0 Å². The molecule has 116 valence electrons. The molecule has 0 spiro atoms. The van der Waals surface area contributed by atoms with E-state index in [9.17, 15) is 9.59 Å². The van der Waals surface area contributed by atoms with E-state index in [0.29, 0.717) is 13.0 Å². The molecule has 4 N–H and O–H groups in total. The summed E-state index contributed by atoms with van der Waals surface area (Å²) in [6.45, 7) is 7.24. The second-order valence-electron chi connectivity index (χ2n) is 5.02. The molecule has 1 saturated heterocycles. The van der Waals surface area contributed by atoms with E-state index < -0.39 is 18.0 Å². The monoisotopic (exact) mass is 286 g/mol. The number of hydrogen-bond acceptors (Lipinski definition) is 4. The standard InChI is InChI=1S/C13H26N4O3/c1-2-3-4-11(12(18)19)16-13(20)15-7-10-17-8-5-14-6-9-17/h11,14H,2-10H2,1H3,(H,18,19)(H2,15,16,20)/t11-/m0/s1. The number of carboxylic acid groups (broad SMARTS) is 1. The Morgan fingerprint density at radius 3 is 2.65 bits per heavy atom. The highest BCUT2D eigenvalue weighted by Crippen LogP contribution is 2.00. The zero-order chi connectivity index (χ0) is 14.8. The average Bonchev–Trinajstić information content (AvgIpc) is 2.44. The molecule has 0 radical (unpaired) electrons. The zero-order valence-electron chi connectivity index (χ0n) is 12.2. The molecule has 0 bridgehead atoms. The Hall–Kier alpha value is -1.34. The Morgan fingerprint density at radius 1 is 1.35 bits per heavy atom. The van der Waals surface area contributed by atoms with Crippen molar-refractivity contribution in [3.05, 3.63) is 0 Å². The number of amides is 2. The van der Waals surface area contributed by atoms with Gasteiger partial charge in [0.25, 0.3) is 0 Å². The van der Waals surface area contributed by atoms with Gasteiger partial charge in [-0.15, -0.1) is 0 Å². The minimum absolute atomic E-state index is 0.399. The maximum Gasteiger partial charge on any atom is 0.326 e. The van der Waals surface area contributed by atoms with Gasteiger partial charge in [-0.2, -0.15) is 0 Å². The Kier molecular flexibility index (Phi) is 7.98. The minimum atomic E-state index is -0.976. The average molecular weight is 286 g/mol. The molecule has 1 heterocycles. The van der Waals surface area contributed by atoms with Crippen molar-refractivity contribution in [3.63, 3.8) is 0 Å². The maximum atomic E-state index is 11.6. The van der Waals surface area contributed by atoms with Gasteiger partial charge in [-0.3, -0.25) is 4.90 Å². The fraction of sp³-hybridized carbons (Fsp3) is 0.846. The van der Waals surface area contributed by atoms with Crippen LogP contribution in [0.3, 0.4) is 0 Å². The maximum absolute atomic E-state index is 11.6. The van der Waals surface area contributed by atoms with E-state index in [4.69, 9.17) is 5.11 Å². The Labute approximate surface area is 120 Å². The zero-order valence-corrected chi connectivity index (χ0v) is 12.2. The first-order valence-electron chi connectivity index (χ1n) is 7.33. The summed E-state index contributed by atoms with van der Waals surface area (Å²) >= 11 is 0. The van der Waals surface area contributed by atoms with Gasteiger partial charge in [0.15, 0.2) is 0 Å². The van der Waals surface area contributed by atoms with Crippen LogP contribution in [0.4, 0.5) is 4.79 Å². The topological polar surface area (TPSA) is 93.7 Å². The fourth-order valence-corrected chi connectivity index (χ4v) is 2.14. The lowest BCUT2D eigenvalue weighted by molar-refractivity contribution is -0.139. The van der Waals surface area contributed by atoms with Crippen LogP contribution < -0.4 is 16.0 Å². The first kappa shape index (κ1) is 16.7. The molecular formula is C13H26N4O3. The molecular weight excluding hydrogens is 260 g/mol. The number of carbonyl (C=O) groups excluding carboxylic acids is 1. The van der Waals surface area contributed by atoms with Crippen LogP contribution >= 0.6 is 0 Å². The molecule has 0 unspecified atom stereocenters. The molecule has 0 saturated carbocycles. The van der Waals surface area contributed by atoms with Crippen LogP contribution in [0.1, 0.15) is 26.2 Å². The summed E-state index contributed by atoms with van der Waals surface area (Å²) in [6, 6.07) is -1.20. The smallest absolute Gasteiger partial charge is 0.326 e. The molecule has 0 aromatic rings. The Morgan fingerprint density at radius 2 is 2.05 bits per heavy atom. The van der Waals surface area contributed by atoms with Crippen LogP contribution in [0.2, 0.25) is 0 Å². The van der Waals surface area contributed by atoms with Gasteiger partial charge >= 0.3 is 12.0 Å². The molecule has 0 aromatic heterocycles. The quantitative estimate of drug-likeness (QED) is 0.497. The largest absolute Gasteiger partial charge is 0.480 e. The number of nitrogens with one attached hydrogen (secondary N) is 3. The third-order valence-corrected chi connectivity index (χ3v) is 3.37. The number of carbonyl (C=O) groups is 2. The molecule has 1 rings (SSSR count). The third-order valence-electron chi connectivity index (χ3n) is 3.37. The van der Waals surface area contributed by atoms with Crippen LogP contribution in [0.25, 0.3) is 0 Å². The first-order valence-corrected chi connectivity index (χ1v) is 7.33. The molecule has 1 aliphatic heterocycles. The molecule has 1 aliphatic rings. The highest BCUT2D eigenvalue weighted by Gasteiger charge is 2.19. The lowest BCUT2D eigenvalue weighted by Gasteiger charge is -2.27. The van der Waals surface area contributed by atoms with Gasteiger partial charge in [0.2, 0.25) is 0 Å². The van der Waals surface area contributed by atoms with E-state index in [2.05, 4.69) is 20.9 Å². The number of aliphatic carboxylic acids is 1. The Bertz CT molecular complexity index is 306. The van der Waals surface area contributed by atoms with Crippen molar-refractivity contribution in [1.29, 1.82) is 0 Å². The van der Waals surface area contributed by atoms with Crippen molar-refractivity contribution in [2.45, 2.75) is 32.2 Å². The van der Waals surface area contributed by atoms with Crippen LogP contribution in [-0.2, 0) is 4.79 Å². The van der Waals surface area contributed by atoms with Gasteiger partial charge in [0, 0.05) is 39.3 Å². The van der Waals surface area contributed by atoms with Crippen molar-refractivity contribution in [3.8, 4) is 0 Å². The number of piperazine rings is 1. The fourth-order valence-electron chi connectivity index (χ4n) is 2.14. The lowest BCUT2D eigenvalue weighted by atomic mass is 10.1. The van der Waals surface area contributed by atoms with Gasteiger partial charge in [0.1, 0.15) is 6.04 Å². The predicted octanol–water partition coefficient (Wildman–Crippen LogP) is -0.166. The number of urea groups is 1. The summed E-state index contributed by atoms with van der Waals surface area (Å²) in [6.07, 6.45) is 2.17. The van der Waals surface area contributed by atoms with Crippen molar-refractivity contribution < 1.29 is 14.7 Å². The predicted molar refractivity (Wildman–Crippen MR) is 76.8 cm³/mol. The van der Waals surface area contributed by atoms with E-state index in [-0.39, 0.29) is 0 Å². The molecule has 0 aromatic carbocycles. The number of nitrogens with zero attached hydrogens (tertiary/aromatic N) is 1. The molecule has 20 heavy (non-hydrogen) atoms.